The Hall–Kier alpha value is -2.67. The molecular weight excluding hydrogens is 340 g/mol. The van der Waals surface area contributed by atoms with Crippen LogP contribution in [0.1, 0.15) is 28.4 Å². The van der Waals surface area contributed by atoms with Crippen molar-refractivity contribution in [1.82, 2.24) is 5.32 Å². The SMILES string of the molecule is CCOc1ccc(NC(=O)C(=O)NCCc2ccc(C(C)=O)s2)cc1. The maximum Gasteiger partial charge on any atom is 0.313 e. The second-order valence-corrected chi connectivity index (χ2v) is 6.41. The predicted molar refractivity (Wildman–Crippen MR) is 97.3 cm³/mol. The number of anilines is 1. The summed E-state index contributed by atoms with van der Waals surface area (Å²) >= 11 is 1.40. The highest BCUT2D eigenvalue weighted by Crippen LogP contribution is 2.17. The summed E-state index contributed by atoms with van der Waals surface area (Å²) in [6.07, 6.45) is 0.569. The van der Waals surface area contributed by atoms with Crippen LogP contribution in [0.2, 0.25) is 0 Å². The summed E-state index contributed by atoms with van der Waals surface area (Å²) in [5.74, 6) is -0.696. The van der Waals surface area contributed by atoms with Gasteiger partial charge in [-0.1, -0.05) is 0 Å². The molecule has 1 heterocycles. The van der Waals surface area contributed by atoms with Gasteiger partial charge in [0.1, 0.15) is 5.75 Å². The molecule has 0 radical (unpaired) electrons. The fourth-order valence-electron chi connectivity index (χ4n) is 2.07. The van der Waals surface area contributed by atoms with Gasteiger partial charge in [0.15, 0.2) is 5.78 Å². The summed E-state index contributed by atoms with van der Waals surface area (Å²) in [6, 6.07) is 10.4. The number of nitrogens with one attached hydrogen (secondary N) is 2. The number of carbonyl (C=O) groups excluding carboxylic acids is 3. The van der Waals surface area contributed by atoms with Crippen LogP contribution in [-0.2, 0) is 16.0 Å². The largest absolute Gasteiger partial charge is 0.494 e. The van der Waals surface area contributed by atoms with Crippen LogP contribution in [-0.4, -0.2) is 30.7 Å². The van der Waals surface area contributed by atoms with Gasteiger partial charge in [-0.3, -0.25) is 14.4 Å². The second kappa shape index (κ2) is 8.98. The highest BCUT2D eigenvalue weighted by molar-refractivity contribution is 7.14. The van der Waals surface area contributed by atoms with Gasteiger partial charge >= 0.3 is 11.8 Å². The molecule has 25 heavy (non-hydrogen) atoms. The average Bonchev–Trinajstić information content (AvgIpc) is 3.06. The zero-order valence-electron chi connectivity index (χ0n) is 14.1. The van der Waals surface area contributed by atoms with Gasteiger partial charge in [-0.25, -0.2) is 0 Å². The van der Waals surface area contributed by atoms with Crippen LogP contribution in [0.15, 0.2) is 36.4 Å². The number of rotatable bonds is 7. The van der Waals surface area contributed by atoms with E-state index in [-0.39, 0.29) is 5.78 Å². The Morgan fingerprint density at radius 2 is 1.76 bits per heavy atom. The van der Waals surface area contributed by atoms with Gasteiger partial charge in [-0.05, 0) is 56.7 Å². The van der Waals surface area contributed by atoms with E-state index in [2.05, 4.69) is 10.6 Å². The summed E-state index contributed by atoms with van der Waals surface area (Å²) in [5, 5.41) is 5.10. The van der Waals surface area contributed by atoms with Crippen LogP contribution >= 0.6 is 11.3 Å². The molecule has 0 aliphatic carbocycles. The van der Waals surface area contributed by atoms with Gasteiger partial charge < -0.3 is 15.4 Å². The van der Waals surface area contributed by atoms with Crippen LogP contribution < -0.4 is 15.4 Å². The van der Waals surface area contributed by atoms with Crippen molar-refractivity contribution in [2.45, 2.75) is 20.3 Å². The van der Waals surface area contributed by atoms with Crippen molar-refractivity contribution < 1.29 is 19.1 Å². The molecule has 0 spiro atoms. The molecule has 2 amide bonds. The van der Waals surface area contributed by atoms with Crippen LogP contribution in [0.25, 0.3) is 0 Å². The van der Waals surface area contributed by atoms with E-state index in [9.17, 15) is 14.4 Å². The molecule has 0 saturated heterocycles. The highest BCUT2D eigenvalue weighted by atomic mass is 32.1. The molecule has 132 valence electrons. The molecule has 0 fully saturated rings. The summed E-state index contributed by atoms with van der Waals surface area (Å²) in [5.41, 5.74) is 0.521. The molecule has 0 bridgehead atoms. The number of amides is 2. The summed E-state index contributed by atoms with van der Waals surface area (Å²) < 4.78 is 5.31. The van der Waals surface area contributed by atoms with Crippen molar-refractivity contribution in [3.63, 3.8) is 0 Å². The van der Waals surface area contributed by atoms with E-state index < -0.39 is 11.8 Å². The number of hydrogen-bond acceptors (Lipinski definition) is 5. The van der Waals surface area contributed by atoms with Crippen molar-refractivity contribution in [1.29, 1.82) is 0 Å². The maximum atomic E-state index is 11.9. The molecule has 0 saturated carbocycles. The van der Waals surface area contributed by atoms with E-state index in [1.807, 2.05) is 13.0 Å². The molecule has 1 aromatic carbocycles. The topological polar surface area (TPSA) is 84.5 Å². The minimum Gasteiger partial charge on any atom is -0.494 e. The summed E-state index contributed by atoms with van der Waals surface area (Å²) in [4.78, 5) is 36.6. The number of ether oxygens (including phenoxy) is 1. The Morgan fingerprint density at radius 1 is 1.04 bits per heavy atom. The molecule has 1 aromatic heterocycles. The Bertz CT molecular complexity index is 753. The minimum absolute atomic E-state index is 0.0232. The first-order valence-corrected chi connectivity index (χ1v) is 8.73. The van der Waals surface area contributed by atoms with E-state index in [0.29, 0.717) is 35.9 Å². The van der Waals surface area contributed by atoms with Crippen LogP contribution in [0, 0.1) is 0 Å². The fraction of sp³-hybridized carbons (Fsp3) is 0.278. The van der Waals surface area contributed by atoms with Crippen LogP contribution in [0.4, 0.5) is 5.69 Å². The standard InChI is InChI=1S/C18H20N2O4S/c1-3-24-14-6-4-13(5-7-14)20-18(23)17(22)19-11-10-15-8-9-16(25-15)12(2)21/h4-9H,3,10-11H2,1-2H3,(H,19,22)(H,20,23). The van der Waals surface area contributed by atoms with Gasteiger partial charge in [-0.15, -0.1) is 11.3 Å². The van der Waals surface area contributed by atoms with Crippen molar-refractivity contribution in [2.24, 2.45) is 0 Å². The number of Topliss-reactive ketones (excluding diaryl/α,β-unsaturated/α-hetero) is 1. The average molecular weight is 360 g/mol. The van der Waals surface area contributed by atoms with Gasteiger partial charge in [0.25, 0.3) is 0 Å². The van der Waals surface area contributed by atoms with E-state index in [4.69, 9.17) is 4.74 Å². The number of carbonyl (C=O) groups is 3. The smallest absolute Gasteiger partial charge is 0.313 e. The molecule has 0 aliphatic heterocycles. The Labute approximate surface area is 150 Å². The first kappa shape index (κ1) is 18.7. The molecule has 0 aliphatic rings. The highest BCUT2D eigenvalue weighted by Gasteiger charge is 2.13. The van der Waals surface area contributed by atoms with Gasteiger partial charge in [0.2, 0.25) is 0 Å². The third-order valence-electron chi connectivity index (χ3n) is 3.30. The zero-order valence-corrected chi connectivity index (χ0v) is 14.9. The van der Waals surface area contributed by atoms with E-state index in [1.165, 1.54) is 18.3 Å². The van der Waals surface area contributed by atoms with Crippen molar-refractivity contribution >= 4 is 34.6 Å². The Morgan fingerprint density at radius 3 is 2.36 bits per heavy atom. The van der Waals surface area contributed by atoms with E-state index in [1.54, 1.807) is 30.3 Å². The first-order valence-electron chi connectivity index (χ1n) is 7.91. The lowest BCUT2D eigenvalue weighted by atomic mass is 10.3. The van der Waals surface area contributed by atoms with Gasteiger partial charge in [-0.2, -0.15) is 0 Å². The quantitative estimate of drug-likeness (QED) is 0.587. The monoisotopic (exact) mass is 360 g/mol. The van der Waals surface area contributed by atoms with Crippen LogP contribution in [0.5, 0.6) is 5.75 Å². The molecule has 2 N–H and O–H groups in total. The molecule has 2 aromatic rings. The molecule has 2 rings (SSSR count). The van der Waals surface area contributed by atoms with Crippen LogP contribution in [0.3, 0.4) is 0 Å². The normalized spacial score (nSPS) is 10.2. The van der Waals surface area contributed by atoms with Crippen molar-refractivity contribution in [2.75, 3.05) is 18.5 Å². The van der Waals surface area contributed by atoms with E-state index >= 15 is 0 Å². The number of hydrogen-bond donors (Lipinski definition) is 2. The third-order valence-corrected chi connectivity index (χ3v) is 4.54. The zero-order chi connectivity index (χ0) is 18.2. The molecule has 7 heteroatoms. The minimum atomic E-state index is -0.722. The lowest BCUT2D eigenvalue weighted by Crippen LogP contribution is -2.36. The third kappa shape index (κ3) is 5.72. The maximum absolute atomic E-state index is 11.9. The molecule has 6 nitrogen and oxygen atoms in total. The summed E-state index contributed by atoms with van der Waals surface area (Å²) in [7, 11) is 0. The Balaban J connectivity index is 1.77. The van der Waals surface area contributed by atoms with Gasteiger partial charge in [0.05, 0.1) is 11.5 Å². The van der Waals surface area contributed by atoms with E-state index in [0.717, 1.165) is 4.88 Å². The number of ketones is 1. The van der Waals surface area contributed by atoms with Crippen molar-refractivity contribution in [3.05, 3.63) is 46.2 Å². The second-order valence-electron chi connectivity index (χ2n) is 5.24. The number of thiophene rings is 1. The number of benzene rings is 1. The lowest BCUT2D eigenvalue weighted by Gasteiger charge is -2.07. The summed E-state index contributed by atoms with van der Waals surface area (Å²) in [6.45, 7) is 4.29. The molecule has 0 atom stereocenters. The molecule has 0 unspecified atom stereocenters. The fourth-order valence-corrected chi connectivity index (χ4v) is 2.97. The van der Waals surface area contributed by atoms with Gasteiger partial charge in [0, 0.05) is 17.1 Å². The lowest BCUT2D eigenvalue weighted by molar-refractivity contribution is -0.136. The molecular formula is C18H20N2O4S. The Kier molecular flexibility index (Phi) is 6.71. The van der Waals surface area contributed by atoms with Crippen molar-refractivity contribution in [3.8, 4) is 5.75 Å². The predicted octanol–water partition coefficient (Wildman–Crippen LogP) is 2.65. The first-order chi connectivity index (χ1) is 12.0.